The third-order valence-corrected chi connectivity index (χ3v) is 5.65. The Hall–Kier alpha value is -0.470. The fourth-order valence-corrected chi connectivity index (χ4v) is 4.51. The number of thioether (sulfide) groups is 1. The topological polar surface area (TPSA) is 12.0 Å². The molecule has 1 N–H and O–H groups in total. The normalized spacial score (nSPS) is 17.6. The molecule has 0 bridgehead atoms. The zero-order chi connectivity index (χ0) is 14.4. The molecule has 1 unspecified atom stereocenters. The van der Waals surface area contributed by atoms with Crippen LogP contribution in [0.15, 0.2) is 18.2 Å². The van der Waals surface area contributed by atoms with Crippen LogP contribution in [0, 0.1) is 19.8 Å². The zero-order valence-electron chi connectivity index (χ0n) is 13.2. The monoisotopic (exact) mass is 291 g/mol. The van der Waals surface area contributed by atoms with Crippen molar-refractivity contribution in [1.82, 2.24) is 5.32 Å². The first-order valence-electron chi connectivity index (χ1n) is 8.09. The minimum absolute atomic E-state index is 0.506. The lowest BCUT2D eigenvalue weighted by Gasteiger charge is -2.21. The first-order valence-corrected chi connectivity index (χ1v) is 9.24. The maximum absolute atomic E-state index is 3.67. The van der Waals surface area contributed by atoms with Gasteiger partial charge in [-0.15, -0.1) is 0 Å². The van der Waals surface area contributed by atoms with Gasteiger partial charge in [-0.25, -0.2) is 0 Å². The summed E-state index contributed by atoms with van der Waals surface area (Å²) < 4.78 is 0. The highest BCUT2D eigenvalue weighted by atomic mass is 32.2. The van der Waals surface area contributed by atoms with Crippen LogP contribution in [0.2, 0.25) is 0 Å². The van der Waals surface area contributed by atoms with Crippen molar-refractivity contribution in [3.8, 4) is 0 Å². The van der Waals surface area contributed by atoms with E-state index in [-0.39, 0.29) is 0 Å². The first-order chi connectivity index (χ1) is 9.70. The van der Waals surface area contributed by atoms with Gasteiger partial charge in [-0.3, -0.25) is 0 Å². The van der Waals surface area contributed by atoms with Crippen molar-refractivity contribution in [2.75, 3.05) is 18.1 Å². The molecule has 1 fully saturated rings. The number of benzene rings is 1. The van der Waals surface area contributed by atoms with Gasteiger partial charge in [-0.05, 0) is 56.0 Å². The highest BCUT2D eigenvalue weighted by molar-refractivity contribution is 7.99. The fraction of sp³-hybridized carbons (Fsp3) is 0.667. The summed E-state index contributed by atoms with van der Waals surface area (Å²) in [7, 11) is 0. The number of hydrogen-bond donors (Lipinski definition) is 1. The standard InChI is InChI=1S/C18H29NS/c1-4-19-18(13-20-12-16-7-5-6-8-16)17-11-14(2)9-10-15(17)3/h9-11,16,18-19H,4-8,12-13H2,1-3H3. The molecule has 1 aromatic rings. The Morgan fingerprint density at radius 2 is 2.00 bits per heavy atom. The molecular weight excluding hydrogens is 262 g/mol. The van der Waals surface area contributed by atoms with Crippen molar-refractivity contribution < 1.29 is 0 Å². The molecule has 0 spiro atoms. The van der Waals surface area contributed by atoms with Crippen LogP contribution in [0.1, 0.15) is 55.3 Å². The van der Waals surface area contributed by atoms with Gasteiger partial charge in [0, 0.05) is 11.8 Å². The average molecular weight is 292 g/mol. The van der Waals surface area contributed by atoms with Crippen molar-refractivity contribution >= 4 is 11.8 Å². The number of hydrogen-bond acceptors (Lipinski definition) is 2. The lowest BCUT2D eigenvalue weighted by Crippen LogP contribution is -2.24. The van der Waals surface area contributed by atoms with Gasteiger partial charge >= 0.3 is 0 Å². The molecule has 1 aliphatic rings. The SMILES string of the molecule is CCNC(CSCC1CCCC1)c1cc(C)ccc1C. The van der Waals surface area contributed by atoms with Gasteiger partial charge < -0.3 is 5.32 Å². The van der Waals surface area contributed by atoms with E-state index in [1.807, 2.05) is 0 Å². The molecule has 1 saturated carbocycles. The van der Waals surface area contributed by atoms with Gasteiger partial charge in [-0.2, -0.15) is 11.8 Å². The van der Waals surface area contributed by atoms with Gasteiger partial charge in [-0.1, -0.05) is 43.5 Å². The second-order valence-electron chi connectivity index (χ2n) is 6.16. The molecular formula is C18H29NS. The smallest absolute Gasteiger partial charge is 0.0414 e. The van der Waals surface area contributed by atoms with E-state index in [0.717, 1.165) is 12.5 Å². The third-order valence-electron chi connectivity index (χ3n) is 4.37. The lowest BCUT2D eigenvalue weighted by atomic mass is 10.00. The second kappa shape index (κ2) is 8.09. The summed E-state index contributed by atoms with van der Waals surface area (Å²) in [5.41, 5.74) is 4.28. The van der Waals surface area contributed by atoms with Gasteiger partial charge in [0.2, 0.25) is 0 Å². The number of rotatable bonds is 7. The van der Waals surface area contributed by atoms with Crippen molar-refractivity contribution in [1.29, 1.82) is 0 Å². The molecule has 1 aromatic carbocycles. The Labute approximate surface area is 128 Å². The summed E-state index contributed by atoms with van der Waals surface area (Å²) in [4.78, 5) is 0. The van der Waals surface area contributed by atoms with Crippen LogP contribution in [0.25, 0.3) is 0 Å². The first kappa shape index (κ1) is 15.9. The highest BCUT2D eigenvalue weighted by Gasteiger charge is 2.17. The summed E-state index contributed by atoms with van der Waals surface area (Å²) in [6, 6.07) is 7.34. The second-order valence-corrected chi connectivity index (χ2v) is 7.23. The zero-order valence-corrected chi connectivity index (χ0v) is 14.1. The van der Waals surface area contributed by atoms with Gasteiger partial charge in [0.1, 0.15) is 0 Å². The molecule has 20 heavy (non-hydrogen) atoms. The van der Waals surface area contributed by atoms with Crippen LogP contribution < -0.4 is 5.32 Å². The minimum atomic E-state index is 0.506. The van der Waals surface area contributed by atoms with Crippen molar-refractivity contribution in [2.45, 2.75) is 52.5 Å². The Bertz CT molecular complexity index is 410. The van der Waals surface area contributed by atoms with Gasteiger partial charge in [0.05, 0.1) is 0 Å². The predicted octanol–water partition coefficient (Wildman–Crippen LogP) is 4.88. The molecule has 112 valence electrons. The maximum atomic E-state index is 3.67. The Balaban J connectivity index is 1.93. The Morgan fingerprint density at radius 1 is 1.25 bits per heavy atom. The summed E-state index contributed by atoms with van der Waals surface area (Å²) >= 11 is 2.15. The van der Waals surface area contributed by atoms with Crippen LogP contribution >= 0.6 is 11.8 Å². The molecule has 0 radical (unpaired) electrons. The molecule has 0 saturated heterocycles. The van der Waals surface area contributed by atoms with Crippen LogP contribution in [-0.2, 0) is 0 Å². The predicted molar refractivity (Wildman–Crippen MR) is 91.6 cm³/mol. The summed E-state index contributed by atoms with van der Waals surface area (Å²) in [6.45, 7) is 7.68. The lowest BCUT2D eigenvalue weighted by molar-refractivity contribution is 0.596. The summed E-state index contributed by atoms with van der Waals surface area (Å²) in [6.07, 6.45) is 5.84. The molecule has 1 aliphatic carbocycles. The molecule has 1 nitrogen and oxygen atoms in total. The van der Waals surface area contributed by atoms with Crippen molar-refractivity contribution in [3.63, 3.8) is 0 Å². The minimum Gasteiger partial charge on any atom is -0.310 e. The van der Waals surface area contributed by atoms with Crippen LogP contribution in [-0.4, -0.2) is 18.1 Å². The molecule has 0 heterocycles. The Kier molecular flexibility index (Phi) is 6.44. The average Bonchev–Trinajstić information content (AvgIpc) is 2.94. The van der Waals surface area contributed by atoms with E-state index in [1.165, 1.54) is 53.9 Å². The largest absolute Gasteiger partial charge is 0.310 e. The summed E-state index contributed by atoms with van der Waals surface area (Å²) in [5.74, 6) is 3.54. The number of aryl methyl sites for hydroxylation is 2. The van der Waals surface area contributed by atoms with Crippen LogP contribution in [0.3, 0.4) is 0 Å². The van der Waals surface area contributed by atoms with Crippen molar-refractivity contribution in [2.24, 2.45) is 5.92 Å². The molecule has 2 rings (SSSR count). The quantitative estimate of drug-likeness (QED) is 0.768. The molecule has 0 aliphatic heterocycles. The van der Waals surface area contributed by atoms with E-state index >= 15 is 0 Å². The molecule has 1 atom stereocenters. The molecule has 2 heteroatoms. The van der Waals surface area contributed by atoms with Crippen molar-refractivity contribution in [3.05, 3.63) is 34.9 Å². The third kappa shape index (κ3) is 4.53. The maximum Gasteiger partial charge on any atom is 0.0414 e. The molecule has 0 aromatic heterocycles. The fourth-order valence-electron chi connectivity index (χ4n) is 3.17. The van der Waals surface area contributed by atoms with E-state index in [1.54, 1.807) is 0 Å². The van der Waals surface area contributed by atoms with E-state index < -0.39 is 0 Å². The highest BCUT2D eigenvalue weighted by Crippen LogP contribution is 2.30. The van der Waals surface area contributed by atoms with E-state index in [9.17, 15) is 0 Å². The summed E-state index contributed by atoms with van der Waals surface area (Å²) in [5, 5.41) is 3.67. The van der Waals surface area contributed by atoms with Gasteiger partial charge in [0.15, 0.2) is 0 Å². The molecule has 0 amide bonds. The Morgan fingerprint density at radius 3 is 2.70 bits per heavy atom. The van der Waals surface area contributed by atoms with E-state index in [0.29, 0.717) is 6.04 Å². The van der Waals surface area contributed by atoms with E-state index in [4.69, 9.17) is 0 Å². The van der Waals surface area contributed by atoms with Crippen LogP contribution in [0.4, 0.5) is 0 Å². The van der Waals surface area contributed by atoms with Crippen LogP contribution in [0.5, 0.6) is 0 Å². The van der Waals surface area contributed by atoms with Gasteiger partial charge in [0.25, 0.3) is 0 Å². The number of nitrogens with one attached hydrogen (secondary N) is 1. The van der Waals surface area contributed by atoms with E-state index in [2.05, 4.69) is 56.0 Å².